The summed E-state index contributed by atoms with van der Waals surface area (Å²) in [6.07, 6.45) is 2.58. The van der Waals surface area contributed by atoms with Gasteiger partial charge < -0.3 is 4.74 Å². The van der Waals surface area contributed by atoms with E-state index in [4.69, 9.17) is 0 Å². The van der Waals surface area contributed by atoms with Gasteiger partial charge in [-0.05, 0) is 43.5 Å². The standard InChI is InChI=1S/C16H21NO5S/c1-11-16(2,9-5-4-6-15(18)22-3)13-10-12(23(19,20)21)7-8-14(13)17-11/h7-8,10H,4-6,9H2,1-3H3,(H,19,20,21). The number of benzene rings is 1. The van der Waals surface area contributed by atoms with Crippen LogP contribution in [0.3, 0.4) is 0 Å². The number of hydrogen-bond acceptors (Lipinski definition) is 5. The van der Waals surface area contributed by atoms with Crippen LogP contribution in [0.1, 0.15) is 45.1 Å². The van der Waals surface area contributed by atoms with Gasteiger partial charge in [0.15, 0.2) is 0 Å². The topological polar surface area (TPSA) is 93.0 Å². The number of unbranched alkanes of at least 4 members (excludes halogenated alkanes) is 1. The maximum Gasteiger partial charge on any atom is 0.305 e. The van der Waals surface area contributed by atoms with E-state index in [0.717, 1.165) is 29.8 Å². The molecule has 0 spiro atoms. The third-order valence-electron chi connectivity index (χ3n) is 4.48. The van der Waals surface area contributed by atoms with Crippen LogP contribution in [0.15, 0.2) is 28.1 Å². The van der Waals surface area contributed by atoms with E-state index in [1.54, 1.807) is 6.07 Å². The molecule has 1 aromatic carbocycles. The molecular formula is C16H21NO5S. The zero-order valence-electron chi connectivity index (χ0n) is 13.5. The number of methoxy groups -OCH3 is 1. The Labute approximate surface area is 136 Å². The van der Waals surface area contributed by atoms with Gasteiger partial charge in [-0.3, -0.25) is 14.3 Å². The van der Waals surface area contributed by atoms with E-state index < -0.39 is 15.5 Å². The zero-order valence-corrected chi connectivity index (χ0v) is 14.3. The van der Waals surface area contributed by atoms with Crippen LogP contribution >= 0.6 is 0 Å². The summed E-state index contributed by atoms with van der Waals surface area (Å²) >= 11 is 0. The number of carbonyl (C=O) groups is 1. The van der Waals surface area contributed by atoms with Crippen LogP contribution < -0.4 is 0 Å². The Morgan fingerprint density at radius 1 is 1.35 bits per heavy atom. The van der Waals surface area contributed by atoms with Gasteiger partial charge in [0.2, 0.25) is 0 Å². The average molecular weight is 339 g/mol. The molecule has 7 heteroatoms. The second kappa shape index (κ2) is 6.41. The van der Waals surface area contributed by atoms with Gasteiger partial charge >= 0.3 is 5.97 Å². The van der Waals surface area contributed by atoms with Crippen molar-refractivity contribution in [1.29, 1.82) is 0 Å². The Hall–Kier alpha value is -1.73. The molecule has 23 heavy (non-hydrogen) atoms. The molecule has 1 aromatic rings. The van der Waals surface area contributed by atoms with Gasteiger partial charge in [0.05, 0.1) is 17.7 Å². The Morgan fingerprint density at radius 2 is 2.04 bits per heavy atom. The Morgan fingerprint density at radius 3 is 2.65 bits per heavy atom. The summed E-state index contributed by atoms with van der Waals surface area (Å²) in [5.41, 5.74) is 2.03. The fraction of sp³-hybridized carbons (Fsp3) is 0.500. The van der Waals surface area contributed by atoms with Crippen LogP contribution in [-0.4, -0.2) is 31.8 Å². The van der Waals surface area contributed by atoms with Crippen LogP contribution in [0.5, 0.6) is 0 Å². The molecule has 0 amide bonds. The molecule has 126 valence electrons. The lowest BCUT2D eigenvalue weighted by Crippen LogP contribution is -2.27. The number of ether oxygens (including phenoxy) is 1. The van der Waals surface area contributed by atoms with Crippen molar-refractivity contribution in [2.45, 2.75) is 49.8 Å². The van der Waals surface area contributed by atoms with E-state index in [0.29, 0.717) is 12.8 Å². The van der Waals surface area contributed by atoms with E-state index in [2.05, 4.69) is 9.73 Å². The molecular weight excluding hydrogens is 318 g/mol. The molecule has 1 atom stereocenters. The molecule has 0 saturated carbocycles. The quantitative estimate of drug-likeness (QED) is 0.488. The van der Waals surface area contributed by atoms with Gasteiger partial charge in [-0.2, -0.15) is 8.42 Å². The first-order valence-electron chi connectivity index (χ1n) is 7.43. The molecule has 0 fully saturated rings. The lowest BCUT2D eigenvalue weighted by atomic mass is 9.76. The molecule has 2 rings (SSSR count). The van der Waals surface area contributed by atoms with E-state index in [1.165, 1.54) is 19.2 Å². The van der Waals surface area contributed by atoms with Crippen LogP contribution in [0.2, 0.25) is 0 Å². The SMILES string of the molecule is COC(=O)CCCCC1(C)C(C)=Nc2ccc(S(=O)(=O)O)cc21. The van der Waals surface area contributed by atoms with Crippen molar-refractivity contribution in [2.24, 2.45) is 4.99 Å². The van der Waals surface area contributed by atoms with E-state index in [1.807, 2.05) is 13.8 Å². The summed E-state index contributed by atoms with van der Waals surface area (Å²) in [6.45, 7) is 3.91. The highest BCUT2D eigenvalue weighted by atomic mass is 32.2. The number of esters is 1. The zero-order chi connectivity index (χ0) is 17.3. The van der Waals surface area contributed by atoms with Gasteiger partial charge in [-0.25, -0.2) is 0 Å². The maximum absolute atomic E-state index is 11.4. The predicted octanol–water partition coefficient (Wildman–Crippen LogP) is 3.03. The van der Waals surface area contributed by atoms with Gasteiger partial charge in [-0.1, -0.05) is 13.3 Å². The summed E-state index contributed by atoms with van der Waals surface area (Å²) in [4.78, 5) is 15.5. The van der Waals surface area contributed by atoms with E-state index in [-0.39, 0.29) is 10.9 Å². The van der Waals surface area contributed by atoms with Gasteiger partial charge in [0, 0.05) is 17.5 Å². The van der Waals surface area contributed by atoms with Crippen LogP contribution in [0, 0.1) is 0 Å². The number of hydrogen-bond donors (Lipinski definition) is 1. The number of fused-ring (bicyclic) bond motifs is 1. The molecule has 1 aliphatic rings. The van der Waals surface area contributed by atoms with Gasteiger partial charge in [0.25, 0.3) is 10.1 Å². The van der Waals surface area contributed by atoms with Crippen LogP contribution in [-0.2, 0) is 25.1 Å². The summed E-state index contributed by atoms with van der Waals surface area (Å²) in [5, 5.41) is 0. The predicted molar refractivity (Wildman–Crippen MR) is 86.9 cm³/mol. The largest absolute Gasteiger partial charge is 0.469 e. The second-order valence-corrected chi connectivity index (χ2v) is 7.39. The van der Waals surface area contributed by atoms with E-state index >= 15 is 0 Å². The number of rotatable bonds is 6. The third kappa shape index (κ3) is 3.61. The normalized spacial score (nSPS) is 20.1. The molecule has 0 aliphatic carbocycles. The van der Waals surface area contributed by atoms with Crippen molar-refractivity contribution in [1.82, 2.24) is 0 Å². The molecule has 1 aliphatic heterocycles. The van der Waals surface area contributed by atoms with E-state index in [9.17, 15) is 17.8 Å². The van der Waals surface area contributed by atoms with Crippen LogP contribution in [0.25, 0.3) is 0 Å². The van der Waals surface area contributed by atoms with Crippen LogP contribution in [0.4, 0.5) is 5.69 Å². The second-order valence-electron chi connectivity index (χ2n) is 5.97. The Bertz CT molecular complexity index is 754. The molecule has 0 bridgehead atoms. The Balaban J connectivity index is 2.20. The fourth-order valence-electron chi connectivity index (χ4n) is 2.88. The van der Waals surface area contributed by atoms with Crippen molar-refractivity contribution >= 4 is 27.5 Å². The first-order valence-corrected chi connectivity index (χ1v) is 8.87. The minimum atomic E-state index is -4.24. The molecule has 1 N–H and O–H groups in total. The first-order chi connectivity index (χ1) is 10.7. The first kappa shape index (κ1) is 17.6. The van der Waals surface area contributed by atoms with Gasteiger partial charge in [0.1, 0.15) is 0 Å². The average Bonchev–Trinajstić information content (AvgIpc) is 2.74. The highest BCUT2D eigenvalue weighted by Gasteiger charge is 2.37. The van der Waals surface area contributed by atoms with Crippen molar-refractivity contribution in [3.63, 3.8) is 0 Å². The molecule has 6 nitrogen and oxygen atoms in total. The lowest BCUT2D eigenvalue weighted by molar-refractivity contribution is -0.140. The van der Waals surface area contributed by atoms with Crippen molar-refractivity contribution < 1.29 is 22.5 Å². The summed E-state index contributed by atoms with van der Waals surface area (Å²) in [7, 11) is -2.88. The summed E-state index contributed by atoms with van der Waals surface area (Å²) in [5.74, 6) is -0.235. The highest BCUT2D eigenvalue weighted by Crippen LogP contribution is 2.44. The molecule has 0 aromatic heterocycles. The summed E-state index contributed by atoms with van der Waals surface area (Å²) in [6, 6.07) is 4.46. The smallest absolute Gasteiger partial charge is 0.305 e. The molecule has 1 heterocycles. The lowest BCUT2D eigenvalue weighted by Gasteiger charge is -2.26. The van der Waals surface area contributed by atoms with Gasteiger partial charge in [-0.15, -0.1) is 0 Å². The number of nitrogens with zero attached hydrogens (tertiary/aromatic N) is 1. The Kier molecular flexibility index (Phi) is 4.91. The third-order valence-corrected chi connectivity index (χ3v) is 5.33. The van der Waals surface area contributed by atoms with Crippen molar-refractivity contribution in [3.05, 3.63) is 23.8 Å². The fourth-order valence-corrected chi connectivity index (χ4v) is 3.39. The maximum atomic E-state index is 11.4. The molecule has 1 unspecified atom stereocenters. The minimum Gasteiger partial charge on any atom is -0.469 e. The minimum absolute atomic E-state index is 0.123. The number of aliphatic imine (C=N–C) groups is 1. The summed E-state index contributed by atoms with van der Waals surface area (Å²) < 4.78 is 36.6. The van der Waals surface area contributed by atoms with Crippen molar-refractivity contribution in [3.8, 4) is 0 Å². The molecule has 0 radical (unpaired) electrons. The van der Waals surface area contributed by atoms with Crippen molar-refractivity contribution in [2.75, 3.05) is 7.11 Å². The monoisotopic (exact) mass is 339 g/mol. The highest BCUT2D eigenvalue weighted by molar-refractivity contribution is 7.85. The number of carbonyl (C=O) groups excluding carboxylic acids is 1. The molecule has 0 saturated heterocycles.